The molecule has 7 nitrogen and oxygen atoms in total. The largest absolute Gasteiger partial charge is 0.323 e. The van der Waals surface area contributed by atoms with Crippen molar-refractivity contribution in [2.24, 2.45) is 0 Å². The summed E-state index contributed by atoms with van der Waals surface area (Å²) in [4.78, 5) is 27.8. The molecular weight excluding hydrogens is 330 g/mol. The van der Waals surface area contributed by atoms with Crippen LogP contribution in [0.3, 0.4) is 0 Å². The molecule has 0 bridgehead atoms. The van der Waals surface area contributed by atoms with Crippen LogP contribution < -0.4 is 10.4 Å². The molecule has 0 spiro atoms. The molecule has 0 saturated heterocycles. The van der Waals surface area contributed by atoms with Crippen LogP contribution in [0.5, 0.6) is 0 Å². The topological polar surface area (TPSA) is 112 Å². The molecule has 124 valence electrons. The predicted octanol–water partition coefficient (Wildman–Crippen LogP) is 2.17. The number of rotatable bonds is 4. The molecule has 0 fully saturated rings. The van der Waals surface area contributed by atoms with Gasteiger partial charge in [0.15, 0.2) is 5.78 Å². The van der Waals surface area contributed by atoms with E-state index in [-0.39, 0.29) is 10.7 Å². The van der Waals surface area contributed by atoms with Crippen molar-refractivity contribution in [3.63, 3.8) is 0 Å². The van der Waals surface area contributed by atoms with Crippen molar-refractivity contribution in [3.8, 4) is 0 Å². The van der Waals surface area contributed by atoms with Crippen LogP contribution in [0, 0.1) is 6.92 Å². The Labute approximate surface area is 137 Å². The highest BCUT2D eigenvalue weighted by molar-refractivity contribution is 7.92. The Balaban J connectivity index is 2.02. The smallest absolute Gasteiger partial charge is 0.306 e. The summed E-state index contributed by atoms with van der Waals surface area (Å²) in [7, 11) is -3.86. The Hall–Kier alpha value is -2.87. The van der Waals surface area contributed by atoms with Crippen molar-refractivity contribution < 1.29 is 13.2 Å². The van der Waals surface area contributed by atoms with Crippen LogP contribution >= 0.6 is 0 Å². The highest BCUT2D eigenvalue weighted by atomic mass is 32.2. The van der Waals surface area contributed by atoms with E-state index in [2.05, 4.69) is 14.7 Å². The maximum absolute atomic E-state index is 12.6. The first-order chi connectivity index (χ1) is 11.3. The Bertz CT molecular complexity index is 1110. The lowest BCUT2D eigenvalue weighted by atomic mass is 10.1. The number of ketones is 1. The molecule has 0 atom stereocenters. The molecule has 0 saturated carbocycles. The third-order valence-corrected chi connectivity index (χ3v) is 5.05. The van der Waals surface area contributed by atoms with Gasteiger partial charge in [0.2, 0.25) is 0 Å². The minimum Gasteiger partial charge on any atom is -0.306 e. The van der Waals surface area contributed by atoms with Gasteiger partial charge in [-0.2, -0.15) is 0 Å². The number of aromatic nitrogens is 2. The summed E-state index contributed by atoms with van der Waals surface area (Å²) in [6.07, 6.45) is 0. The lowest BCUT2D eigenvalue weighted by Crippen LogP contribution is -2.14. The van der Waals surface area contributed by atoms with Gasteiger partial charge < -0.3 is 9.97 Å². The van der Waals surface area contributed by atoms with Gasteiger partial charge in [-0.1, -0.05) is 12.1 Å². The summed E-state index contributed by atoms with van der Waals surface area (Å²) >= 11 is 0. The van der Waals surface area contributed by atoms with Crippen LogP contribution in [-0.4, -0.2) is 24.2 Å². The zero-order valence-electron chi connectivity index (χ0n) is 13.0. The first kappa shape index (κ1) is 16.0. The number of aromatic amines is 2. The van der Waals surface area contributed by atoms with Crippen molar-refractivity contribution in [1.29, 1.82) is 0 Å². The minimum absolute atomic E-state index is 0.0119. The second-order valence-corrected chi connectivity index (χ2v) is 7.16. The Morgan fingerprint density at radius 1 is 1.04 bits per heavy atom. The van der Waals surface area contributed by atoms with E-state index in [4.69, 9.17) is 0 Å². The van der Waals surface area contributed by atoms with Crippen LogP contribution in [0.1, 0.15) is 22.8 Å². The maximum Gasteiger partial charge on any atom is 0.323 e. The maximum atomic E-state index is 12.6. The van der Waals surface area contributed by atoms with Crippen molar-refractivity contribution in [3.05, 3.63) is 58.0 Å². The molecule has 1 heterocycles. The molecule has 0 radical (unpaired) electrons. The monoisotopic (exact) mass is 345 g/mol. The highest BCUT2D eigenvalue weighted by Gasteiger charge is 2.17. The summed E-state index contributed by atoms with van der Waals surface area (Å²) in [5.74, 6) is -0.151. The van der Waals surface area contributed by atoms with Gasteiger partial charge in [0.05, 0.1) is 21.6 Å². The number of sulfonamides is 1. The van der Waals surface area contributed by atoms with Crippen molar-refractivity contribution >= 4 is 32.5 Å². The van der Waals surface area contributed by atoms with Crippen LogP contribution in [-0.2, 0) is 10.0 Å². The quantitative estimate of drug-likeness (QED) is 0.629. The van der Waals surface area contributed by atoms with E-state index < -0.39 is 15.7 Å². The molecule has 3 rings (SSSR count). The number of carbonyl (C=O) groups excluding carboxylic acids is 1. The molecule has 0 aliphatic carbocycles. The molecule has 0 amide bonds. The number of aryl methyl sites for hydroxylation is 1. The zero-order chi connectivity index (χ0) is 17.5. The highest BCUT2D eigenvalue weighted by Crippen LogP contribution is 2.23. The molecule has 0 unspecified atom stereocenters. The van der Waals surface area contributed by atoms with Gasteiger partial charge in [0.25, 0.3) is 10.0 Å². The van der Waals surface area contributed by atoms with Crippen LogP contribution in [0.4, 0.5) is 5.69 Å². The Morgan fingerprint density at radius 2 is 1.75 bits per heavy atom. The van der Waals surface area contributed by atoms with Crippen LogP contribution in [0.15, 0.2) is 46.1 Å². The summed E-state index contributed by atoms with van der Waals surface area (Å²) in [6, 6.07) is 9.12. The lowest BCUT2D eigenvalue weighted by molar-refractivity contribution is 0.101. The number of anilines is 1. The van der Waals surface area contributed by atoms with Gasteiger partial charge in [-0.05, 0) is 43.7 Å². The number of benzene rings is 2. The number of imidazole rings is 1. The fourth-order valence-corrected chi connectivity index (χ4v) is 3.48. The van der Waals surface area contributed by atoms with Gasteiger partial charge in [-0.15, -0.1) is 0 Å². The van der Waals surface area contributed by atoms with Crippen molar-refractivity contribution in [2.75, 3.05) is 4.72 Å². The number of hydrogen-bond donors (Lipinski definition) is 3. The third-order valence-electron chi connectivity index (χ3n) is 3.69. The normalized spacial score (nSPS) is 11.6. The van der Waals surface area contributed by atoms with Gasteiger partial charge in [-0.25, -0.2) is 13.2 Å². The first-order valence-corrected chi connectivity index (χ1v) is 8.61. The standard InChI is InChI=1S/C16H15N3O4S/c1-9-3-4-11(10(2)20)7-14(9)19-24(22,23)12-5-6-13-15(8-12)18-16(21)17-13/h3-8,19H,1-2H3,(H2,17,18,21). The van der Waals surface area contributed by atoms with Gasteiger partial charge in [0, 0.05) is 5.56 Å². The van der Waals surface area contributed by atoms with E-state index in [1.165, 1.54) is 31.2 Å². The fourth-order valence-electron chi connectivity index (χ4n) is 2.33. The molecular formula is C16H15N3O4S. The molecule has 0 aliphatic rings. The SMILES string of the molecule is CC(=O)c1ccc(C)c(NS(=O)(=O)c2ccc3[nH]c(=O)[nH]c3c2)c1. The molecule has 2 aromatic carbocycles. The van der Waals surface area contributed by atoms with Crippen molar-refractivity contribution in [2.45, 2.75) is 18.7 Å². The summed E-state index contributed by atoms with van der Waals surface area (Å²) in [6.45, 7) is 3.16. The minimum atomic E-state index is -3.86. The zero-order valence-corrected chi connectivity index (χ0v) is 13.8. The van der Waals surface area contributed by atoms with E-state index >= 15 is 0 Å². The number of carbonyl (C=O) groups is 1. The number of nitrogens with one attached hydrogen (secondary N) is 3. The third kappa shape index (κ3) is 2.95. The van der Waals surface area contributed by atoms with Gasteiger partial charge in [0.1, 0.15) is 0 Å². The second-order valence-electron chi connectivity index (χ2n) is 5.48. The molecule has 1 aromatic heterocycles. The summed E-state index contributed by atoms with van der Waals surface area (Å²) in [5.41, 5.74) is 1.97. The van der Waals surface area contributed by atoms with E-state index in [0.29, 0.717) is 27.8 Å². The van der Waals surface area contributed by atoms with E-state index in [1.807, 2.05) is 0 Å². The number of hydrogen-bond acceptors (Lipinski definition) is 4. The molecule has 3 N–H and O–H groups in total. The summed E-state index contributed by atoms with van der Waals surface area (Å²) < 4.78 is 27.7. The van der Waals surface area contributed by atoms with E-state index in [9.17, 15) is 18.0 Å². The molecule has 0 aliphatic heterocycles. The van der Waals surface area contributed by atoms with Crippen molar-refractivity contribution in [1.82, 2.24) is 9.97 Å². The van der Waals surface area contributed by atoms with Gasteiger partial charge >= 0.3 is 5.69 Å². The average molecular weight is 345 g/mol. The van der Waals surface area contributed by atoms with Crippen LogP contribution in [0.2, 0.25) is 0 Å². The van der Waals surface area contributed by atoms with E-state index in [0.717, 1.165) is 0 Å². The summed E-state index contributed by atoms with van der Waals surface area (Å²) in [5, 5.41) is 0. The molecule has 3 aromatic rings. The van der Waals surface area contributed by atoms with Gasteiger partial charge in [-0.3, -0.25) is 9.52 Å². The number of fused-ring (bicyclic) bond motifs is 1. The fraction of sp³-hybridized carbons (Fsp3) is 0.125. The number of H-pyrrole nitrogens is 2. The number of Topliss-reactive ketones (excluding diaryl/α,β-unsaturated/α-hetero) is 1. The lowest BCUT2D eigenvalue weighted by Gasteiger charge is -2.11. The predicted molar refractivity (Wildman–Crippen MR) is 90.9 cm³/mol. The van der Waals surface area contributed by atoms with E-state index in [1.54, 1.807) is 19.1 Å². The first-order valence-electron chi connectivity index (χ1n) is 7.13. The second kappa shape index (κ2) is 5.64. The molecule has 8 heteroatoms. The Morgan fingerprint density at radius 3 is 2.46 bits per heavy atom. The Kier molecular flexibility index (Phi) is 3.76. The molecule has 24 heavy (non-hydrogen) atoms. The van der Waals surface area contributed by atoms with Crippen LogP contribution in [0.25, 0.3) is 11.0 Å². The average Bonchev–Trinajstić information content (AvgIpc) is 2.88.